The largest absolute Gasteiger partial charge is 0.341 e. The lowest BCUT2D eigenvalue weighted by molar-refractivity contribution is -0.136. The number of hydrogen-bond donors (Lipinski definition) is 2. The number of rotatable bonds is 4. The van der Waals surface area contributed by atoms with Gasteiger partial charge in [-0.2, -0.15) is 0 Å². The highest BCUT2D eigenvalue weighted by atomic mass is 35.5. The molecule has 1 aliphatic rings. The molecule has 0 saturated carbocycles. The summed E-state index contributed by atoms with van der Waals surface area (Å²) in [6.45, 7) is 7.00. The van der Waals surface area contributed by atoms with E-state index in [0.717, 1.165) is 5.56 Å². The van der Waals surface area contributed by atoms with Crippen LogP contribution in [0.25, 0.3) is 0 Å². The molecule has 1 atom stereocenters. The maximum absolute atomic E-state index is 12.3. The number of aromatic nitrogens is 1. The summed E-state index contributed by atoms with van der Waals surface area (Å²) in [5, 5.41) is 2.85. The Bertz CT molecular complexity index is 554. The summed E-state index contributed by atoms with van der Waals surface area (Å²) in [7, 11) is 0. The van der Waals surface area contributed by atoms with E-state index in [-0.39, 0.29) is 36.1 Å². The van der Waals surface area contributed by atoms with E-state index in [1.54, 1.807) is 17.2 Å². The average Bonchev–Trinajstić information content (AvgIpc) is 2.55. The van der Waals surface area contributed by atoms with Crippen LogP contribution in [0.5, 0.6) is 0 Å². The van der Waals surface area contributed by atoms with Crippen molar-refractivity contribution in [3.63, 3.8) is 0 Å². The Morgan fingerprint density at radius 2 is 1.92 bits per heavy atom. The minimum absolute atomic E-state index is 0. The van der Waals surface area contributed by atoms with Gasteiger partial charge in [-0.25, -0.2) is 4.98 Å². The number of amides is 2. The molecule has 1 saturated heterocycles. The van der Waals surface area contributed by atoms with E-state index in [1.807, 2.05) is 26.8 Å². The number of anilines is 1. The molecule has 7 heteroatoms. The van der Waals surface area contributed by atoms with E-state index >= 15 is 0 Å². The SMILES string of the molecule is Cc1ccc(NC(=O)C2CCN(C(=O)[C@@H](N)C(C)C)CC2)nc1.Cl. The monoisotopic (exact) mass is 354 g/mol. The molecular weight excluding hydrogens is 328 g/mol. The van der Waals surface area contributed by atoms with Gasteiger partial charge >= 0.3 is 0 Å². The fraction of sp³-hybridized carbons (Fsp3) is 0.588. The van der Waals surface area contributed by atoms with Gasteiger partial charge in [-0.15, -0.1) is 12.4 Å². The molecular formula is C17H27ClN4O2. The zero-order valence-corrected chi connectivity index (χ0v) is 15.3. The highest BCUT2D eigenvalue weighted by Crippen LogP contribution is 2.20. The highest BCUT2D eigenvalue weighted by molar-refractivity contribution is 5.92. The van der Waals surface area contributed by atoms with Crippen molar-refractivity contribution in [2.75, 3.05) is 18.4 Å². The van der Waals surface area contributed by atoms with Crippen molar-refractivity contribution >= 4 is 30.0 Å². The number of halogens is 1. The number of nitrogens with two attached hydrogens (primary N) is 1. The summed E-state index contributed by atoms with van der Waals surface area (Å²) < 4.78 is 0. The molecule has 0 spiro atoms. The number of hydrogen-bond acceptors (Lipinski definition) is 4. The van der Waals surface area contributed by atoms with Gasteiger partial charge in [0.15, 0.2) is 0 Å². The molecule has 24 heavy (non-hydrogen) atoms. The van der Waals surface area contributed by atoms with Crippen molar-refractivity contribution in [1.82, 2.24) is 9.88 Å². The van der Waals surface area contributed by atoms with Crippen LogP contribution >= 0.6 is 12.4 Å². The minimum Gasteiger partial charge on any atom is -0.341 e. The Morgan fingerprint density at radius 3 is 2.42 bits per heavy atom. The third-order valence-electron chi connectivity index (χ3n) is 4.34. The first-order chi connectivity index (χ1) is 10.9. The normalized spacial score (nSPS) is 16.5. The Morgan fingerprint density at radius 1 is 1.29 bits per heavy atom. The number of piperidine rings is 1. The minimum atomic E-state index is -0.461. The van der Waals surface area contributed by atoms with Crippen molar-refractivity contribution < 1.29 is 9.59 Å². The lowest BCUT2D eigenvalue weighted by Gasteiger charge is -2.33. The predicted octanol–water partition coefficient (Wildman–Crippen LogP) is 1.97. The van der Waals surface area contributed by atoms with Crippen LogP contribution in [-0.2, 0) is 9.59 Å². The van der Waals surface area contributed by atoms with Crippen molar-refractivity contribution in [2.45, 2.75) is 39.7 Å². The number of aryl methyl sites for hydroxylation is 1. The lowest BCUT2D eigenvalue weighted by Crippen LogP contribution is -2.50. The van der Waals surface area contributed by atoms with Crippen molar-refractivity contribution in [3.8, 4) is 0 Å². The Kier molecular flexibility index (Phi) is 7.63. The fourth-order valence-electron chi connectivity index (χ4n) is 2.63. The van der Waals surface area contributed by atoms with Gasteiger partial charge in [-0.1, -0.05) is 19.9 Å². The summed E-state index contributed by atoms with van der Waals surface area (Å²) in [5.74, 6) is 0.565. The molecule has 0 unspecified atom stereocenters. The second kappa shape index (κ2) is 8.99. The second-order valence-electron chi connectivity index (χ2n) is 6.58. The molecule has 0 aliphatic carbocycles. The maximum Gasteiger partial charge on any atom is 0.239 e. The topological polar surface area (TPSA) is 88.3 Å². The Balaban J connectivity index is 0.00000288. The summed E-state index contributed by atoms with van der Waals surface area (Å²) in [5.41, 5.74) is 6.97. The van der Waals surface area contributed by atoms with Crippen LogP contribution in [0.4, 0.5) is 5.82 Å². The molecule has 0 radical (unpaired) electrons. The van der Waals surface area contributed by atoms with Gasteiger partial charge in [0.05, 0.1) is 6.04 Å². The van der Waals surface area contributed by atoms with E-state index in [2.05, 4.69) is 10.3 Å². The van der Waals surface area contributed by atoms with Crippen LogP contribution in [0.15, 0.2) is 18.3 Å². The molecule has 0 bridgehead atoms. The van der Waals surface area contributed by atoms with Crippen molar-refractivity contribution in [2.24, 2.45) is 17.6 Å². The van der Waals surface area contributed by atoms with E-state index in [9.17, 15) is 9.59 Å². The molecule has 2 rings (SSSR count). The van der Waals surface area contributed by atoms with Gasteiger partial charge in [0.25, 0.3) is 0 Å². The Labute approximate surface area is 149 Å². The first-order valence-electron chi connectivity index (χ1n) is 8.16. The van der Waals surface area contributed by atoms with Gasteiger partial charge in [0, 0.05) is 25.2 Å². The number of carbonyl (C=O) groups excluding carboxylic acids is 2. The average molecular weight is 355 g/mol. The first-order valence-corrected chi connectivity index (χ1v) is 8.16. The van der Waals surface area contributed by atoms with Gasteiger partial charge in [0.1, 0.15) is 5.82 Å². The van der Waals surface area contributed by atoms with Crippen LogP contribution in [0.2, 0.25) is 0 Å². The van der Waals surface area contributed by atoms with E-state index in [0.29, 0.717) is 31.7 Å². The van der Waals surface area contributed by atoms with Gasteiger partial charge < -0.3 is 16.0 Å². The summed E-state index contributed by atoms with van der Waals surface area (Å²) in [6.07, 6.45) is 3.05. The zero-order valence-electron chi connectivity index (χ0n) is 14.5. The van der Waals surface area contributed by atoms with Crippen LogP contribution in [0, 0.1) is 18.8 Å². The van der Waals surface area contributed by atoms with Gasteiger partial charge in [0.2, 0.25) is 11.8 Å². The van der Waals surface area contributed by atoms with Crippen LogP contribution in [0.3, 0.4) is 0 Å². The molecule has 3 N–H and O–H groups in total. The van der Waals surface area contributed by atoms with E-state index in [1.165, 1.54) is 0 Å². The number of likely N-dealkylation sites (tertiary alicyclic amines) is 1. The van der Waals surface area contributed by atoms with Gasteiger partial charge in [-0.3, -0.25) is 9.59 Å². The highest BCUT2D eigenvalue weighted by Gasteiger charge is 2.30. The standard InChI is InChI=1S/C17H26N4O2.ClH/c1-11(2)15(18)17(23)21-8-6-13(7-9-21)16(22)20-14-5-4-12(3)10-19-14;/h4-5,10-11,13,15H,6-9,18H2,1-3H3,(H,19,20,22);1H/t15-;/m0./s1. The Hall–Kier alpha value is -1.66. The summed E-state index contributed by atoms with van der Waals surface area (Å²) >= 11 is 0. The number of carbonyl (C=O) groups is 2. The number of nitrogens with zero attached hydrogens (tertiary/aromatic N) is 2. The predicted molar refractivity (Wildman–Crippen MR) is 97.0 cm³/mol. The second-order valence-corrected chi connectivity index (χ2v) is 6.58. The number of pyridine rings is 1. The zero-order chi connectivity index (χ0) is 17.0. The fourth-order valence-corrected chi connectivity index (χ4v) is 2.63. The van der Waals surface area contributed by atoms with E-state index < -0.39 is 6.04 Å². The smallest absolute Gasteiger partial charge is 0.239 e. The molecule has 6 nitrogen and oxygen atoms in total. The van der Waals surface area contributed by atoms with Crippen LogP contribution in [-0.4, -0.2) is 40.8 Å². The molecule has 0 aromatic carbocycles. The first kappa shape index (κ1) is 20.4. The molecule has 2 heterocycles. The van der Waals surface area contributed by atoms with Crippen molar-refractivity contribution in [1.29, 1.82) is 0 Å². The van der Waals surface area contributed by atoms with Gasteiger partial charge in [-0.05, 0) is 37.3 Å². The molecule has 1 aromatic rings. The van der Waals surface area contributed by atoms with E-state index in [4.69, 9.17) is 5.73 Å². The van der Waals surface area contributed by atoms with Crippen LogP contribution < -0.4 is 11.1 Å². The lowest BCUT2D eigenvalue weighted by atomic mass is 9.94. The third kappa shape index (κ3) is 5.18. The quantitative estimate of drug-likeness (QED) is 0.865. The molecule has 1 aliphatic heterocycles. The maximum atomic E-state index is 12.3. The molecule has 1 fully saturated rings. The molecule has 1 aromatic heterocycles. The summed E-state index contributed by atoms with van der Waals surface area (Å²) in [6, 6.07) is 3.25. The third-order valence-corrected chi connectivity index (χ3v) is 4.34. The molecule has 134 valence electrons. The van der Waals surface area contributed by atoms with Crippen LogP contribution in [0.1, 0.15) is 32.3 Å². The molecule has 2 amide bonds. The van der Waals surface area contributed by atoms with Crippen molar-refractivity contribution in [3.05, 3.63) is 23.9 Å². The summed E-state index contributed by atoms with van der Waals surface area (Å²) in [4.78, 5) is 30.5. The number of nitrogens with one attached hydrogen (secondary N) is 1.